The second-order valence-corrected chi connectivity index (χ2v) is 3.75. The molecule has 0 bridgehead atoms. The van der Waals surface area contributed by atoms with Gasteiger partial charge >= 0.3 is 5.97 Å². The number of methoxy groups -OCH3 is 2. The zero-order chi connectivity index (χ0) is 13.1. The predicted octanol–water partition coefficient (Wildman–Crippen LogP) is 2.18. The largest absolute Gasteiger partial charge is 0.496 e. The Kier molecular flexibility index (Phi) is 3.32. The maximum absolute atomic E-state index is 11.4. The Labute approximate surface area is 105 Å². The summed E-state index contributed by atoms with van der Waals surface area (Å²) in [7, 11) is 2.92. The van der Waals surface area contributed by atoms with Gasteiger partial charge in [-0.25, -0.2) is 9.78 Å². The van der Waals surface area contributed by atoms with Crippen LogP contribution in [-0.2, 0) is 4.74 Å². The van der Waals surface area contributed by atoms with Crippen LogP contribution in [0.3, 0.4) is 0 Å². The van der Waals surface area contributed by atoms with E-state index >= 15 is 0 Å². The summed E-state index contributed by atoms with van der Waals surface area (Å²) in [5, 5.41) is 0. The van der Waals surface area contributed by atoms with Crippen LogP contribution < -0.4 is 4.74 Å². The second kappa shape index (κ2) is 4.91. The van der Waals surface area contributed by atoms with Crippen molar-refractivity contribution in [1.82, 2.24) is 9.97 Å². The molecule has 0 amide bonds. The fourth-order valence-electron chi connectivity index (χ4n) is 1.76. The molecule has 2 rings (SSSR count). The number of nitrogens with zero attached hydrogens (tertiary/aromatic N) is 1. The lowest BCUT2D eigenvalue weighted by molar-refractivity contribution is 0.0588. The zero-order valence-corrected chi connectivity index (χ0v) is 10.5. The Morgan fingerprint density at radius 2 is 2.00 bits per heavy atom. The van der Waals surface area contributed by atoms with Gasteiger partial charge in [0.05, 0.1) is 19.9 Å². The molecule has 0 saturated heterocycles. The number of ether oxygens (including phenoxy) is 2. The van der Waals surface area contributed by atoms with Crippen molar-refractivity contribution in [3.8, 4) is 17.0 Å². The van der Waals surface area contributed by atoms with Gasteiger partial charge < -0.3 is 14.5 Å². The van der Waals surface area contributed by atoms with Crippen molar-refractivity contribution in [2.45, 2.75) is 6.92 Å². The molecular formula is C13H14N2O3. The SMILES string of the molecule is COC(=O)c1nc(-c2ccccc2OC)c(C)[nH]1. The van der Waals surface area contributed by atoms with E-state index < -0.39 is 5.97 Å². The number of para-hydroxylation sites is 1. The number of benzene rings is 1. The van der Waals surface area contributed by atoms with Crippen LogP contribution in [0.5, 0.6) is 5.75 Å². The number of esters is 1. The highest BCUT2D eigenvalue weighted by molar-refractivity contribution is 5.86. The molecule has 94 valence electrons. The number of rotatable bonds is 3. The minimum Gasteiger partial charge on any atom is -0.496 e. The number of hydrogen-bond acceptors (Lipinski definition) is 4. The summed E-state index contributed by atoms with van der Waals surface area (Å²) in [4.78, 5) is 18.6. The van der Waals surface area contributed by atoms with Crippen LogP contribution in [0.1, 0.15) is 16.3 Å². The lowest BCUT2D eigenvalue weighted by Gasteiger charge is -2.05. The lowest BCUT2D eigenvalue weighted by atomic mass is 10.1. The van der Waals surface area contributed by atoms with Gasteiger partial charge in [-0.2, -0.15) is 0 Å². The highest BCUT2D eigenvalue weighted by Crippen LogP contribution is 2.30. The van der Waals surface area contributed by atoms with Gasteiger partial charge in [0.25, 0.3) is 0 Å². The first-order chi connectivity index (χ1) is 8.67. The van der Waals surface area contributed by atoms with Crippen molar-refractivity contribution in [2.24, 2.45) is 0 Å². The molecule has 1 N–H and O–H groups in total. The Morgan fingerprint density at radius 3 is 2.67 bits per heavy atom. The summed E-state index contributed by atoms with van der Waals surface area (Å²) in [5.74, 6) is 0.415. The number of imidazole rings is 1. The third kappa shape index (κ3) is 2.07. The smallest absolute Gasteiger partial charge is 0.374 e. The van der Waals surface area contributed by atoms with Gasteiger partial charge in [0.15, 0.2) is 0 Å². The van der Waals surface area contributed by atoms with Crippen molar-refractivity contribution in [2.75, 3.05) is 14.2 Å². The topological polar surface area (TPSA) is 64.2 Å². The summed E-state index contributed by atoms with van der Waals surface area (Å²) in [6, 6.07) is 7.51. The fraction of sp³-hybridized carbons (Fsp3) is 0.231. The molecule has 0 atom stereocenters. The first kappa shape index (κ1) is 12.2. The van der Waals surface area contributed by atoms with E-state index in [9.17, 15) is 4.79 Å². The molecule has 0 aliphatic rings. The van der Waals surface area contributed by atoms with Gasteiger partial charge in [-0.05, 0) is 19.1 Å². The minimum atomic E-state index is -0.487. The van der Waals surface area contributed by atoms with Crippen molar-refractivity contribution in [1.29, 1.82) is 0 Å². The summed E-state index contributed by atoms with van der Waals surface area (Å²) in [5.41, 5.74) is 2.32. The highest BCUT2D eigenvalue weighted by Gasteiger charge is 2.17. The third-order valence-electron chi connectivity index (χ3n) is 2.63. The van der Waals surface area contributed by atoms with Gasteiger partial charge in [-0.3, -0.25) is 0 Å². The van der Waals surface area contributed by atoms with E-state index in [0.717, 1.165) is 11.3 Å². The molecule has 0 saturated carbocycles. The highest BCUT2D eigenvalue weighted by atomic mass is 16.5. The van der Waals surface area contributed by atoms with Gasteiger partial charge in [0.2, 0.25) is 5.82 Å². The van der Waals surface area contributed by atoms with Crippen LogP contribution >= 0.6 is 0 Å². The van der Waals surface area contributed by atoms with Crippen LogP contribution in [0.2, 0.25) is 0 Å². The average molecular weight is 246 g/mol. The molecule has 0 unspecified atom stereocenters. The average Bonchev–Trinajstić information content (AvgIpc) is 2.79. The van der Waals surface area contributed by atoms with Crippen LogP contribution in [0, 0.1) is 6.92 Å². The molecule has 0 fully saturated rings. The first-order valence-electron chi connectivity index (χ1n) is 5.45. The van der Waals surface area contributed by atoms with Crippen molar-refractivity contribution >= 4 is 5.97 Å². The van der Waals surface area contributed by atoms with E-state index in [1.165, 1.54) is 7.11 Å². The number of aromatic nitrogens is 2. The molecule has 0 aliphatic carbocycles. The number of aromatic amines is 1. The number of carbonyl (C=O) groups is 1. The Hall–Kier alpha value is -2.30. The number of carbonyl (C=O) groups excluding carboxylic acids is 1. The van der Waals surface area contributed by atoms with Crippen LogP contribution in [0.25, 0.3) is 11.3 Å². The molecule has 1 heterocycles. The number of hydrogen-bond donors (Lipinski definition) is 1. The molecule has 0 radical (unpaired) electrons. The molecule has 18 heavy (non-hydrogen) atoms. The quantitative estimate of drug-likeness (QED) is 0.843. The Morgan fingerprint density at radius 1 is 1.28 bits per heavy atom. The summed E-state index contributed by atoms with van der Waals surface area (Å²) < 4.78 is 9.91. The van der Waals surface area contributed by atoms with E-state index in [-0.39, 0.29) is 5.82 Å². The standard InChI is InChI=1S/C13H14N2O3/c1-8-11(15-12(14-8)13(16)18-3)9-6-4-5-7-10(9)17-2/h4-7H,1-3H3,(H,14,15). The van der Waals surface area contributed by atoms with Crippen molar-refractivity contribution in [3.05, 3.63) is 35.8 Å². The van der Waals surface area contributed by atoms with Crippen LogP contribution in [0.4, 0.5) is 0 Å². The second-order valence-electron chi connectivity index (χ2n) is 3.75. The molecule has 1 aromatic heterocycles. The molecular weight excluding hydrogens is 232 g/mol. The summed E-state index contributed by atoms with van der Waals surface area (Å²) >= 11 is 0. The Balaban J connectivity index is 2.51. The maximum Gasteiger partial charge on any atom is 0.374 e. The first-order valence-corrected chi connectivity index (χ1v) is 5.45. The van der Waals surface area contributed by atoms with Gasteiger partial charge in [0.1, 0.15) is 5.75 Å². The molecule has 5 nitrogen and oxygen atoms in total. The van der Waals surface area contributed by atoms with Crippen molar-refractivity contribution < 1.29 is 14.3 Å². The molecule has 0 aliphatic heterocycles. The van der Waals surface area contributed by atoms with E-state index in [0.29, 0.717) is 11.4 Å². The third-order valence-corrected chi connectivity index (χ3v) is 2.63. The number of nitrogens with one attached hydrogen (secondary N) is 1. The number of aryl methyl sites for hydroxylation is 1. The van der Waals surface area contributed by atoms with Gasteiger partial charge in [-0.1, -0.05) is 12.1 Å². The summed E-state index contributed by atoms with van der Waals surface area (Å²) in [6.45, 7) is 1.85. The van der Waals surface area contributed by atoms with Crippen LogP contribution in [0.15, 0.2) is 24.3 Å². The normalized spacial score (nSPS) is 10.2. The van der Waals surface area contributed by atoms with E-state index in [1.807, 2.05) is 31.2 Å². The Bertz CT molecular complexity index is 575. The predicted molar refractivity (Wildman–Crippen MR) is 66.7 cm³/mol. The lowest BCUT2D eigenvalue weighted by Crippen LogP contribution is -2.03. The minimum absolute atomic E-state index is 0.191. The fourth-order valence-corrected chi connectivity index (χ4v) is 1.76. The van der Waals surface area contributed by atoms with E-state index in [2.05, 4.69) is 14.7 Å². The van der Waals surface area contributed by atoms with E-state index in [1.54, 1.807) is 7.11 Å². The maximum atomic E-state index is 11.4. The monoisotopic (exact) mass is 246 g/mol. The molecule has 1 aromatic carbocycles. The zero-order valence-electron chi connectivity index (χ0n) is 10.5. The van der Waals surface area contributed by atoms with Gasteiger partial charge in [-0.15, -0.1) is 0 Å². The van der Waals surface area contributed by atoms with E-state index in [4.69, 9.17) is 4.74 Å². The molecule has 5 heteroatoms. The molecule has 0 spiro atoms. The molecule has 2 aromatic rings. The van der Waals surface area contributed by atoms with Gasteiger partial charge in [0, 0.05) is 11.3 Å². The van der Waals surface area contributed by atoms with Crippen LogP contribution in [-0.4, -0.2) is 30.2 Å². The summed E-state index contributed by atoms with van der Waals surface area (Å²) in [6.07, 6.45) is 0. The van der Waals surface area contributed by atoms with Crippen molar-refractivity contribution in [3.63, 3.8) is 0 Å². The number of H-pyrrole nitrogens is 1.